The van der Waals surface area contributed by atoms with E-state index in [2.05, 4.69) is 4.72 Å². The molecule has 0 aromatic heterocycles. The summed E-state index contributed by atoms with van der Waals surface area (Å²) in [4.78, 5) is 46.9. The van der Waals surface area contributed by atoms with Crippen LogP contribution in [0, 0.1) is 0 Å². The van der Waals surface area contributed by atoms with Gasteiger partial charge in [-0.25, -0.2) is 13.1 Å². The first kappa shape index (κ1) is 29.0. The monoisotopic (exact) mass is 531 g/mol. The van der Waals surface area contributed by atoms with Gasteiger partial charge in [0.25, 0.3) is 0 Å². The Balaban J connectivity index is 2.44. The fourth-order valence-corrected chi connectivity index (χ4v) is 4.83. The first-order chi connectivity index (χ1) is 16.8. The minimum Gasteiger partial charge on any atom is -0.497 e. The lowest BCUT2D eigenvalue weighted by Crippen LogP contribution is -2.65. The number of benzene rings is 1. The molecule has 1 saturated heterocycles. The van der Waals surface area contributed by atoms with E-state index < -0.39 is 70.4 Å². The molecule has 14 heteroatoms. The maximum absolute atomic E-state index is 13.3. The molecule has 13 nitrogen and oxygen atoms in total. The van der Waals surface area contributed by atoms with Crippen LogP contribution in [0.1, 0.15) is 33.3 Å². The van der Waals surface area contributed by atoms with Crippen LogP contribution in [0.25, 0.3) is 0 Å². The minimum atomic E-state index is -4.44. The smallest absolute Gasteiger partial charge is 0.303 e. The first-order valence-corrected chi connectivity index (χ1v) is 12.3. The highest BCUT2D eigenvalue weighted by Gasteiger charge is 2.56. The Morgan fingerprint density at radius 3 is 1.86 bits per heavy atom. The lowest BCUT2D eigenvalue weighted by Gasteiger charge is -2.43. The van der Waals surface area contributed by atoms with E-state index in [0.717, 1.165) is 27.7 Å². The number of sulfonamides is 1. The molecule has 0 amide bonds. The molecule has 0 aliphatic carbocycles. The second-order valence-electron chi connectivity index (χ2n) is 7.78. The molecule has 1 aliphatic rings. The molecule has 1 heterocycles. The number of nitrogens with one attached hydrogen (secondary N) is 1. The molecular weight excluding hydrogens is 502 g/mol. The Morgan fingerprint density at radius 2 is 1.36 bits per heavy atom. The maximum atomic E-state index is 13.3. The Labute approximate surface area is 208 Å². The van der Waals surface area contributed by atoms with Crippen molar-refractivity contribution in [3.8, 4) is 5.75 Å². The number of carbonyl (C=O) groups is 4. The van der Waals surface area contributed by atoms with Crippen LogP contribution < -0.4 is 9.46 Å². The third-order valence-electron chi connectivity index (χ3n) is 4.89. The molecule has 1 fully saturated rings. The van der Waals surface area contributed by atoms with Crippen LogP contribution in [0.4, 0.5) is 0 Å². The van der Waals surface area contributed by atoms with E-state index in [0.29, 0.717) is 11.3 Å². The van der Waals surface area contributed by atoms with Crippen LogP contribution in [0.5, 0.6) is 5.75 Å². The zero-order chi connectivity index (χ0) is 27.0. The fraction of sp³-hybridized carbons (Fsp3) is 0.545. The number of hydrogen-bond donors (Lipinski definition) is 1. The van der Waals surface area contributed by atoms with E-state index in [9.17, 15) is 27.6 Å². The number of methoxy groups -OCH3 is 1. The zero-order valence-corrected chi connectivity index (χ0v) is 21.2. The summed E-state index contributed by atoms with van der Waals surface area (Å²) in [6.07, 6.45) is -6.15. The number of carbonyl (C=O) groups excluding carboxylic acids is 4. The molecule has 0 unspecified atom stereocenters. The van der Waals surface area contributed by atoms with E-state index in [-0.39, 0.29) is 6.54 Å². The van der Waals surface area contributed by atoms with Crippen LogP contribution in [-0.4, -0.2) is 75.9 Å². The molecular formula is C22H29NO12S. The first-order valence-electron chi connectivity index (χ1n) is 10.8. The predicted octanol–water partition coefficient (Wildman–Crippen LogP) is 0.198. The van der Waals surface area contributed by atoms with Gasteiger partial charge < -0.3 is 28.4 Å². The molecule has 0 radical (unpaired) electrons. The summed E-state index contributed by atoms with van der Waals surface area (Å²) < 4.78 is 60.3. The van der Waals surface area contributed by atoms with Gasteiger partial charge >= 0.3 is 23.9 Å². The van der Waals surface area contributed by atoms with E-state index in [1.165, 1.54) is 7.11 Å². The SMILES string of the molecule is COc1ccc(CNS(=O)(=O)[C@@H]2O[C@H](COC(C)=O)[C@@H](OC(C)=O)[C@H](OC(C)=O)[C@H]2OC(C)=O)cc1. The normalized spacial score (nSPS) is 23.8. The summed E-state index contributed by atoms with van der Waals surface area (Å²) >= 11 is 0. The summed E-state index contributed by atoms with van der Waals surface area (Å²) in [5, 5.41) is 0. The Morgan fingerprint density at radius 1 is 0.833 bits per heavy atom. The van der Waals surface area contributed by atoms with Gasteiger partial charge in [0.2, 0.25) is 15.5 Å². The van der Waals surface area contributed by atoms with E-state index in [1.54, 1.807) is 24.3 Å². The second-order valence-corrected chi connectivity index (χ2v) is 9.63. The van der Waals surface area contributed by atoms with Crippen LogP contribution in [0.2, 0.25) is 0 Å². The van der Waals surface area contributed by atoms with Crippen molar-refractivity contribution < 1.29 is 56.0 Å². The Kier molecular flexibility index (Phi) is 10.2. The summed E-state index contributed by atoms with van der Waals surface area (Å²) in [5.41, 5.74) is -1.35. The zero-order valence-electron chi connectivity index (χ0n) is 20.4. The topological polar surface area (TPSA) is 170 Å². The van der Waals surface area contributed by atoms with E-state index >= 15 is 0 Å². The third-order valence-corrected chi connectivity index (χ3v) is 6.43. The highest BCUT2D eigenvalue weighted by molar-refractivity contribution is 7.90. The van der Waals surface area contributed by atoms with Gasteiger partial charge in [-0.3, -0.25) is 19.2 Å². The van der Waals surface area contributed by atoms with Gasteiger partial charge in [0.05, 0.1) is 7.11 Å². The van der Waals surface area contributed by atoms with Crippen molar-refractivity contribution >= 4 is 33.9 Å². The van der Waals surface area contributed by atoms with Gasteiger partial charge in [0.15, 0.2) is 18.3 Å². The van der Waals surface area contributed by atoms with Gasteiger partial charge in [-0.1, -0.05) is 12.1 Å². The summed E-state index contributed by atoms with van der Waals surface area (Å²) in [6, 6.07) is 6.54. The summed E-state index contributed by atoms with van der Waals surface area (Å²) in [7, 11) is -2.95. The molecule has 36 heavy (non-hydrogen) atoms. The van der Waals surface area contributed by atoms with Crippen LogP contribution in [0.3, 0.4) is 0 Å². The van der Waals surface area contributed by atoms with Gasteiger partial charge in [-0.05, 0) is 17.7 Å². The fourth-order valence-electron chi connectivity index (χ4n) is 3.45. The van der Waals surface area contributed by atoms with E-state index in [4.69, 9.17) is 28.4 Å². The molecule has 0 bridgehead atoms. The van der Waals surface area contributed by atoms with Crippen molar-refractivity contribution in [1.82, 2.24) is 4.72 Å². The summed E-state index contributed by atoms with van der Waals surface area (Å²) in [5.74, 6) is -2.75. The quantitative estimate of drug-likeness (QED) is 0.322. The molecule has 0 saturated carbocycles. The molecule has 2 rings (SSSR count). The van der Waals surface area contributed by atoms with Crippen molar-refractivity contribution in [2.75, 3.05) is 13.7 Å². The van der Waals surface area contributed by atoms with Gasteiger partial charge in [-0.2, -0.15) is 0 Å². The van der Waals surface area contributed by atoms with Crippen LogP contribution in [0.15, 0.2) is 24.3 Å². The molecule has 1 N–H and O–H groups in total. The van der Waals surface area contributed by atoms with Crippen LogP contribution in [-0.2, 0) is 59.4 Å². The maximum Gasteiger partial charge on any atom is 0.303 e. The number of ether oxygens (including phenoxy) is 6. The van der Waals surface area contributed by atoms with Crippen molar-refractivity contribution in [2.45, 2.75) is 64.1 Å². The second kappa shape index (κ2) is 12.6. The van der Waals surface area contributed by atoms with Crippen molar-refractivity contribution in [2.24, 2.45) is 0 Å². The van der Waals surface area contributed by atoms with Gasteiger partial charge in [-0.15, -0.1) is 0 Å². The number of hydrogen-bond acceptors (Lipinski definition) is 12. The molecule has 5 atom stereocenters. The summed E-state index contributed by atoms with van der Waals surface area (Å²) in [6.45, 7) is 3.53. The van der Waals surface area contributed by atoms with Crippen molar-refractivity contribution in [1.29, 1.82) is 0 Å². The number of rotatable bonds is 10. The molecule has 1 aliphatic heterocycles. The minimum absolute atomic E-state index is 0.167. The molecule has 0 spiro atoms. The molecule has 1 aromatic carbocycles. The van der Waals surface area contributed by atoms with E-state index in [1.807, 2.05) is 0 Å². The highest BCUT2D eigenvalue weighted by atomic mass is 32.2. The predicted molar refractivity (Wildman–Crippen MR) is 121 cm³/mol. The average molecular weight is 532 g/mol. The van der Waals surface area contributed by atoms with Crippen molar-refractivity contribution in [3.05, 3.63) is 29.8 Å². The third kappa shape index (κ3) is 8.17. The lowest BCUT2D eigenvalue weighted by molar-refractivity contribution is -0.238. The number of esters is 4. The molecule has 1 aromatic rings. The molecule has 200 valence electrons. The average Bonchev–Trinajstić information content (AvgIpc) is 2.78. The lowest BCUT2D eigenvalue weighted by atomic mass is 9.99. The largest absolute Gasteiger partial charge is 0.497 e. The van der Waals surface area contributed by atoms with Crippen LogP contribution >= 0.6 is 0 Å². The van der Waals surface area contributed by atoms with Gasteiger partial charge in [0, 0.05) is 34.2 Å². The van der Waals surface area contributed by atoms with Crippen molar-refractivity contribution in [3.63, 3.8) is 0 Å². The Bertz CT molecular complexity index is 1060. The Hall–Kier alpha value is -3.23. The standard InChI is InChI=1S/C22H29NO12S/c1-12(24)31-11-18-19(32-13(2)25)20(33-14(3)26)21(34-15(4)27)22(35-18)36(28,29)23-10-16-6-8-17(30-5)9-7-16/h6-9,18-23H,10-11H2,1-5H3/t18-,19-,20+,21-,22+/m1/s1. The van der Waals surface area contributed by atoms with Gasteiger partial charge in [0.1, 0.15) is 18.5 Å². The highest BCUT2D eigenvalue weighted by Crippen LogP contribution is 2.31.